The largest absolute Gasteiger partial charge is 0.378 e. The Kier molecular flexibility index (Phi) is 7.63. The molecule has 0 aliphatic heterocycles. The number of para-hydroxylation sites is 1. The van der Waals surface area contributed by atoms with Crippen LogP contribution in [0.1, 0.15) is 19.4 Å². The molecule has 2 amide bonds. The van der Waals surface area contributed by atoms with Crippen molar-refractivity contribution in [2.75, 3.05) is 24.3 Å². The molecule has 4 aromatic rings. The van der Waals surface area contributed by atoms with Gasteiger partial charge in [0, 0.05) is 32.0 Å². The van der Waals surface area contributed by atoms with E-state index in [1.165, 1.54) is 0 Å². The Bertz CT molecular complexity index is 1310. The molecular weight excluding hydrogens is 452 g/mol. The van der Waals surface area contributed by atoms with E-state index in [4.69, 9.17) is 0 Å². The molecule has 3 aromatic carbocycles. The minimum atomic E-state index is -0.680. The van der Waals surface area contributed by atoms with E-state index in [0.29, 0.717) is 12.2 Å². The summed E-state index contributed by atoms with van der Waals surface area (Å²) in [5.41, 5.74) is 4.17. The third-order valence-corrected chi connectivity index (χ3v) is 6.11. The highest BCUT2D eigenvalue weighted by Gasteiger charge is 2.33. The summed E-state index contributed by atoms with van der Waals surface area (Å²) in [7, 11) is 3.93. The minimum Gasteiger partial charge on any atom is -0.378 e. The molecule has 0 saturated carbocycles. The maximum atomic E-state index is 13.7. The fourth-order valence-corrected chi connectivity index (χ4v) is 4.24. The molecule has 1 unspecified atom stereocenters. The number of carbonyl (C=O) groups is 2. The van der Waals surface area contributed by atoms with Crippen LogP contribution in [0.3, 0.4) is 0 Å². The van der Waals surface area contributed by atoms with Crippen molar-refractivity contribution in [3.8, 4) is 0 Å². The Balaban J connectivity index is 1.62. The van der Waals surface area contributed by atoms with Gasteiger partial charge in [-0.05, 0) is 47.9 Å². The highest BCUT2D eigenvalue weighted by atomic mass is 16.2. The van der Waals surface area contributed by atoms with Crippen LogP contribution in [0.25, 0.3) is 11.0 Å². The van der Waals surface area contributed by atoms with E-state index in [1.807, 2.05) is 112 Å². The van der Waals surface area contributed by atoms with Crippen LogP contribution in [-0.4, -0.2) is 51.8 Å². The van der Waals surface area contributed by atoms with Gasteiger partial charge in [0.2, 0.25) is 11.8 Å². The Labute approximate surface area is 211 Å². The maximum Gasteiger partial charge on any atom is 0.247 e. The zero-order valence-electron chi connectivity index (χ0n) is 21.1. The van der Waals surface area contributed by atoms with Crippen molar-refractivity contribution in [3.05, 3.63) is 84.4 Å². The van der Waals surface area contributed by atoms with Gasteiger partial charge in [-0.3, -0.25) is 9.59 Å². The van der Waals surface area contributed by atoms with Crippen LogP contribution in [0, 0.1) is 5.92 Å². The Hall–Kier alpha value is -4.20. The topological polar surface area (TPSA) is 83.4 Å². The van der Waals surface area contributed by atoms with Crippen LogP contribution < -0.4 is 10.2 Å². The number of rotatable bonds is 9. The zero-order chi connectivity index (χ0) is 25.7. The van der Waals surface area contributed by atoms with E-state index in [1.54, 1.807) is 9.58 Å². The standard InChI is InChI=1S/C28H32N6O2/c1-20(2)27(28(36)29-22-14-16-23(17-15-22)32(3)4)33(18-21-10-6-5-7-11-21)26(35)19-34-25-13-9-8-12-24(25)30-31-34/h5-17,20,27H,18-19H2,1-4H3,(H,29,36). The molecule has 186 valence electrons. The van der Waals surface area contributed by atoms with Gasteiger partial charge in [-0.2, -0.15) is 0 Å². The molecule has 0 bridgehead atoms. The van der Waals surface area contributed by atoms with Crippen LogP contribution in [0.4, 0.5) is 11.4 Å². The van der Waals surface area contributed by atoms with Crippen molar-refractivity contribution < 1.29 is 9.59 Å². The van der Waals surface area contributed by atoms with Crippen LogP contribution in [0.2, 0.25) is 0 Å². The number of fused-ring (bicyclic) bond motifs is 1. The molecule has 1 atom stereocenters. The van der Waals surface area contributed by atoms with E-state index in [0.717, 1.165) is 22.3 Å². The molecule has 36 heavy (non-hydrogen) atoms. The van der Waals surface area contributed by atoms with E-state index in [2.05, 4.69) is 15.6 Å². The molecule has 0 fully saturated rings. The summed E-state index contributed by atoms with van der Waals surface area (Å²) < 4.78 is 1.59. The van der Waals surface area contributed by atoms with Crippen LogP contribution >= 0.6 is 0 Å². The fraction of sp³-hybridized carbons (Fsp3) is 0.286. The molecule has 0 spiro atoms. The van der Waals surface area contributed by atoms with Crippen molar-refractivity contribution in [1.82, 2.24) is 19.9 Å². The lowest BCUT2D eigenvalue weighted by Gasteiger charge is -2.33. The molecular formula is C28H32N6O2. The minimum absolute atomic E-state index is 0.0125. The third kappa shape index (κ3) is 5.71. The summed E-state index contributed by atoms with van der Waals surface area (Å²) in [6.45, 7) is 4.20. The zero-order valence-corrected chi connectivity index (χ0v) is 21.1. The second kappa shape index (κ2) is 11.0. The van der Waals surface area contributed by atoms with Gasteiger partial charge < -0.3 is 15.1 Å². The lowest BCUT2D eigenvalue weighted by atomic mass is 10.00. The van der Waals surface area contributed by atoms with Crippen LogP contribution in [0.15, 0.2) is 78.9 Å². The van der Waals surface area contributed by atoms with E-state index >= 15 is 0 Å². The Morgan fingerprint density at radius 3 is 2.25 bits per heavy atom. The number of aromatic nitrogens is 3. The highest BCUT2D eigenvalue weighted by molar-refractivity contribution is 5.97. The number of benzene rings is 3. The lowest BCUT2D eigenvalue weighted by Crippen LogP contribution is -2.50. The highest BCUT2D eigenvalue weighted by Crippen LogP contribution is 2.21. The van der Waals surface area contributed by atoms with E-state index < -0.39 is 6.04 Å². The number of amides is 2. The molecule has 8 heteroatoms. The number of nitrogens with one attached hydrogen (secondary N) is 1. The van der Waals surface area contributed by atoms with E-state index in [9.17, 15) is 9.59 Å². The number of anilines is 2. The van der Waals surface area contributed by atoms with Gasteiger partial charge in [0.15, 0.2) is 0 Å². The van der Waals surface area contributed by atoms with Crippen molar-refractivity contribution in [1.29, 1.82) is 0 Å². The number of hydrogen-bond acceptors (Lipinski definition) is 5. The van der Waals surface area contributed by atoms with Crippen molar-refractivity contribution in [3.63, 3.8) is 0 Å². The first kappa shape index (κ1) is 24.9. The molecule has 4 rings (SSSR count). The Morgan fingerprint density at radius 1 is 0.917 bits per heavy atom. The van der Waals surface area contributed by atoms with Gasteiger partial charge in [-0.25, -0.2) is 4.68 Å². The first-order valence-corrected chi connectivity index (χ1v) is 12.0. The molecule has 1 N–H and O–H groups in total. The average molecular weight is 485 g/mol. The molecule has 0 aliphatic rings. The van der Waals surface area contributed by atoms with Crippen molar-refractivity contribution >= 4 is 34.2 Å². The van der Waals surface area contributed by atoms with Gasteiger partial charge in [0.05, 0.1) is 5.52 Å². The quantitative estimate of drug-likeness (QED) is 0.385. The Morgan fingerprint density at radius 2 is 1.58 bits per heavy atom. The smallest absolute Gasteiger partial charge is 0.247 e. The van der Waals surface area contributed by atoms with Gasteiger partial charge in [0.1, 0.15) is 18.1 Å². The van der Waals surface area contributed by atoms with Gasteiger partial charge in [-0.15, -0.1) is 5.10 Å². The normalized spacial score (nSPS) is 11.9. The first-order chi connectivity index (χ1) is 17.3. The molecule has 1 heterocycles. The maximum absolute atomic E-state index is 13.7. The molecule has 8 nitrogen and oxygen atoms in total. The van der Waals surface area contributed by atoms with E-state index in [-0.39, 0.29) is 24.3 Å². The summed E-state index contributed by atoms with van der Waals surface area (Å²) >= 11 is 0. The number of nitrogens with zero attached hydrogens (tertiary/aromatic N) is 5. The fourth-order valence-electron chi connectivity index (χ4n) is 4.24. The second-order valence-corrected chi connectivity index (χ2v) is 9.36. The van der Waals surface area contributed by atoms with Gasteiger partial charge in [-0.1, -0.05) is 61.5 Å². The molecule has 1 aromatic heterocycles. The predicted octanol–water partition coefficient (Wildman–Crippen LogP) is 4.19. The van der Waals surface area contributed by atoms with Crippen LogP contribution in [0.5, 0.6) is 0 Å². The predicted molar refractivity (Wildman–Crippen MR) is 143 cm³/mol. The SMILES string of the molecule is CC(C)C(C(=O)Nc1ccc(N(C)C)cc1)N(Cc1ccccc1)C(=O)Cn1nnc2ccccc21. The van der Waals surface area contributed by atoms with Gasteiger partial charge in [0.25, 0.3) is 0 Å². The third-order valence-electron chi connectivity index (χ3n) is 6.11. The number of carbonyl (C=O) groups excluding carboxylic acids is 2. The second-order valence-electron chi connectivity index (χ2n) is 9.36. The monoisotopic (exact) mass is 484 g/mol. The summed E-state index contributed by atoms with van der Waals surface area (Å²) in [5.74, 6) is -0.548. The first-order valence-electron chi connectivity index (χ1n) is 12.0. The molecule has 0 aliphatic carbocycles. The summed E-state index contributed by atoms with van der Waals surface area (Å²) in [4.78, 5) is 31.0. The summed E-state index contributed by atoms with van der Waals surface area (Å²) in [6.07, 6.45) is 0. The number of hydrogen-bond donors (Lipinski definition) is 1. The summed E-state index contributed by atoms with van der Waals surface area (Å²) in [6, 6.07) is 24.2. The lowest BCUT2D eigenvalue weighted by molar-refractivity contribution is -0.141. The van der Waals surface area contributed by atoms with Crippen LogP contribution in [-0.2, 0) is 22.7 Å². The average Bonchev–Trinajstić information content (AvgIpc) is 3.27. The van der Waals surface area contributed by atoms with Gasteiger partial charge >= 0.3 is 0 Å². The molecule has 0 radical (unpaired) electrons. The summed E-state index contributed by atoms with van der Waals surface area (Å²) in [5, 5.41) is 11.4. The van der Waals surface area contributed by atoms with Crippen molar-refractivity contribution in [2.24, 2.45) is 5.92 Å². The van der Waals surface area contributed by atoms with Crippen molar-refractivity contribution in [2.45, 2.75) is 33.0 Å². The molecule has 0 saturated heterocycles.